The van der Waals surface area contributed by atoms with E-state index < -0.39 is 4.83 Å². The average molecular weight is 618 g/mol. The molecular formula is C32H20BrF4N3O. The van der Waals surface area contributed by atoms with E-state index in [9.17, 15) is 22.4 Å². The van der Waals surface area contributed by atoms with Crippen LogP contribution in [0.5, 0.6) is 0 Å². The van der Waals surface area contributed by atoms with E-state index in [2.05, 4.69) is 25.9 Å². The van der Waals surface area contributed by atoms with Crippen molar-refractivity contribution in [3.05, 3.63) is 150 Å². The van der Waals surface area contributed by atoms with E-state index in [4.69, 9.17) is 0 Å². The van der Waals surface area contributed by atoms with Crippen molar-refractivity contribution in [3.63, 3.8) is 0 Å². The van der Waals surface area contributed by atoms with Gasteiger partial charge in [0, 0.05) is 29.1 Å². The van der Waals surface area contributed by atoms with Gasteiger partial charge in [-0.15, -0.1) is 0 Å². The molecule has 1 unspecified atom stereocenters. The summed E-state index contributed by atoms with van der Waals surface area (Å²) in [4.78, 5) is 20.2. The maximum atomic E-state index is 13.2. The van der Waals surface area contributed by atoms with Crippen LogP contribution in [-0.4, -0.2) is 20.2 Å². The van der Waals surface area contributed by atoms with Crippen LogP contribution in [0.2, 0.25) is 0 Å². The third-order valence-electron chi connectivity index (χ3n) is 6.19. The van der Waals surface area contributed by atoms with Crippen molar-refractivity contribution in [2.45, 2.75) is 4.83 Å². The van der Waals surface area contributed by atoms with Gasteiger partial charge in [0.1, 0.15) is 28.1 Å². The molecule has 6 aromatic rings. The van der Waals surface area contributed by atoms with Crippen LogP contribution in [-0.2, 0) is 0 Å². The quantitative estimate of drug-likeness (QED) is 0.110. The van der Waals surface area contributed by atoms with Gasteiger partial charge in [0.25, 0.3) is 0 Å². The second-order valence-electron chi connectivity index (χ2n) is 8.91. The Balaban J connectivity index is 0.000000170. The Morgan fingerprint density at radius 2 is 1.17 bits per heavy atom. The first-order valence-electron chi connectivity index (χ1n) is 12.3. The average Bonchev–Trinajstić information content (AvgIpc) is 3.38. The Labute approximate surface area is 241 Å². The predicted molar refractivity (Wildman–Crippen MR) is 153 cm³/mol. The van der Waals surface area contributed by atoms with E-state index in [1.807, 2.05) is 4.40 Å². The van der Waals surface area contributed by atoms with E-state index in [-0.39, 0.29) is 29.1 Å². The number of ketones is 1. The minimum absolute atomic E-state index is 0.193. The monoisotopic (exact) mass is 617 g/mol. The Hall–Kier alpha value is -4.63. The molecular weight excluding hydrogens is 598 g/mol. The lowest BCUT2D eigenvalue weighted by molar-refractivity contribution is 0.0991. The normalized spacial score (nSPS) is 11.5. The molecule has 0 aliphatic rings. The molecule has 0 bridgehead atoms. The number of Topliss-reactive ketones (excluding diaryl/α,β-unsaturated/α-hetero) is 1. The number of benzene rings is 4. The van der Waals surface area contributed by atoms with Gasteiger partial charge in [-0.3, -0.25) is 14.2 Å². The molecule has 6 rings (SSSR count). The largest absolute Gasteiger partial charge is 0.296 e. The first-order chi connectivity index (χ1) is 19.8. The fraction of sp³-hybridized carbons (Fsp3) is 0.0312. The second kappa shape index (κ2) is 12.3. The van der Waals surface area contributed by atoms with E-state index in [1.54, 1.807) is 42.9 Å². The molecule has 0 amide bonds. The summed E-state index contributed by atoms with van der Waals surface area (Å²) in [5.41, 5.74) is 4.86. The zero-order chi connectivity index (χ0) is 28.9. The Bertz CT molecular complexity index is 1790. The number of hydrogen-bond acceptors (Lipinski definition) is 3. The number of halogens is 5. The van der Waals surface area contributed by atoms with Gasteiger partial charge < -0.3 is 0 Å². The summed E-state index contributed by atoms with van der Waals surface area (Å²) in [6.45, 7) is 0. The molecule has 41 heavy (non-hydrogen) atoms. The fourth-order valence-electron chi connectivity index (χ4n) is 4.14. The van der Waals surface area contributed by atoms with Crippen molar-refractivity contribution < 1.29 is 22.4 Å². The number of carbonyl (C=O) groups excluding carboxylic acids is 1. The molecule has 9 heteroatoms. The Morgan fingerprint density at radius 3 is 1.73 bits per heavy atom. The summed E-state index contributed by atoms with van der Waals surface area (Å²) in [7, 11) is 0. The van der Waals surface area contributed by atoms with Gasteiger partial charge in [-0.1, -0.05) is 28.1 Å². The number of nitrogens with zero attached hydrogens (tertiary/aromatic N) is 3. The SMILES string of the molecule is Fc1ccc(-c2nc3cnccn3c2-c2ccc(F)cc2)cc1.O=C(c1ccc(F)cc1)C(Br)c1ccc(F)cc1. The van der Waals surface area contributed by atoms with E-state index in [0.29, 0.717) is 22.5 Å². The van der Waals surface area contributed by atoms with E-state index in [1.165, 1.54) is 72.8 Å². The van der Waals surface area contributed by atoms with Crippen molar-refractivity contribution in [2.75, 3.05) is 0 Å². The summed E-state index contributed by atoms with van der Waals surface area (Å²) in [5, 5.41) is 0. The lowest BCUT2D eigenvalue weighted by atomic mass is 10.0. The van der Waals surface area contributed by atoms with Crippen molar-refractivity contribution >= 4 is 27.4 Å². The van der Waals surface area contributed by atoms with Crippen LogP contribution in [0.3, 0.4) is 0 Å². The molecule has 0 fully saturated rings. The number of carbonyl (C=O) groups is 1. The maximum Gasteiger partial charge on any atom is 0.180 e. The highest BCUT2D eigenvalue weighted by atomic mass is 79.9. The minimum atomic E-state index is -0.566. The molecule has 0 aliphatic carbocycles. The van der Waals surface area contributed by atoms with Crippen molar-refractivity contribution in [2.24, 2.45) is 0 Å². The van der Waals surface area contributed by atoms with E-state index >= 15 is 0 Å². The van der Waals surface area contributed by atoms with E-state index in [0.717, 1.165) is 16.8 Å². The van der Waals surface area contributed by atoms with Crippen LogP contribution >= 0.6 is 15.9 Å². The standard InChI is InChI=1S/C18H11F2N3.C14H9BrF2O/c19-14-5-1-12(2-6-14)17-18(13-3-7-15(20)8-4-13)23-10-9-21-11-16(23)22-17;15-13(9-1-5-11(16)6-2-9)14(18)10-3-7-12(17)8-4-10/h1-11H;1-8,13H. The second-order valence-corrected chi connectivity index (χ2v) is 9.83. The summed E-state index contributed by atoms with van der Waals surface area (Å²) in [6, 6.07) is 23.3. The highest BCUT2D eigenvalue weighted by Crippen LogP contribution is 2.33. The molecule has 4 aromatic carbocycles. The van der Waals surface area contributed by atoms with Gasteiger partial charge in [0.15, 0.2) is 11.4 Å². The van der Waals surface area contributed by atoms with Gasteiger partial charge in [-0.25, -0.2) is 22.5 Å². The summed E-state index contributed by atoms with van der Waals surface area (Å²) in [6.07, 6.45) is 5.12. The lowest BCUT2D eigenvalue weighted by Gasteiger charge is -2.09. The molecule has 0 radical (unpaired) electrons. The zero-order valence-electron chi connectivity index (χ0n) is 21.2. The molecule has 204 valence electrons. The first-order valence-corrected chi connectivity index (χ1v) is 13.2. The van der Waals surface area contributed by atoms with Crippen molar-refractivity contribution in [1.82, 2.24) is 14.4 Å². The molecule has 0 saturated carbocycles. The molecule has 2 heterocycles. The molecule has 0 spiro atoms. The van der Waals surface area contributed by atoms with Crippen molar-refractivity contribution in [1.29, 1.82) is 0 Å². The van der Waals surface area contributed by atoms with Crippen LogP contribution in [0.4, 0.5) is 17.6 Å². The molecule has 1 atom stereocenters. The minimum Gasteiger partial charge on any atom is -0.296 e. The number of fused-ring (bicyclic) bond motifs is 1. The van der Waals surface area contributed by atoms with Crippen LogP contribution in [0.25, 0.3) is 28.2 Å². The third-order valence-corrected chi connectivity index (χ3v) is 7.13. The Morgan fingerprint density at radius 1 is 0.683 bits per heavy atom. The highest BCUT2D eigenvalue weighted by Gasteiger charge is 2.19. The topological polar surface area (TPSA) is 47.3 Å². The van der Waals surface area contributed by atoms with Crippen LogP contribution < -0.4 is 0 Å². The summed E-state index contributed by atoms with van der Waals surface area (Å²) in [5.74, 6) is -1.54. The summed E-state index contributed by atoms with van der Waals surface area (Å²) < 4.78 is 53.9. The van der Waals surface area contributed by atoms with Crippen LogP contribution in [0.1, 0.15) is 20.7 Å². The first kappa shape index (κ1) is 27.9. The number of alkyl halides is 1. The van der Waals surface area contributed by atoms with Gasteiger partial charge in [0.2, 0.25) is 0 Å². The smallest absolute Gasteiger partial charge is 0.180 e. The van der Waals surface area contributed by atoms with Gasteiger partial charge in [0.05, 0.1) is 17.6 Å². The molecule has 0 saturated heterocycles. The van der Waals surface area contributed by atoms with Gasteiger partial charge >= 0.3 is 0 Å². The highest BCUT2D eigenvalue weighted by molar-refractivity contribution is 9.09. The summed E-state index contributed by atoms with van der Waals surface area (Å²) >= 11 is 3.27. The molecule has 0 aliphatic heterocycles. The van der Waals surface area contributed by atoms with Crippen LogP contribution in [0.15, 0.2) is 116 Å². The number of hydrogen-bond donors (Lipinski definition) is 0. The molecule has 2 aromatic heterocycles. The maximum absolute atomic E-state index is 13.2. The number of rotatable bonds is 5. The number of imidazole rings is 1. The number of aromatic nitrogens is 3. The van der Waals surface area contributed by atoms with Crippen molar-refractivity contribution in [3.8, 4) is 22.5 Å². The zero-order valence-corrected chi connectivity index (χ0v) is 22.8. The Kier molecular flexibility index (Phi) is 8.35. The third kappa shape index (κ3) is 6.41. The fourth-order valence-corrected chi connectivity index (χ4v) is 4.71. The predicted octanol–water partition coefficient (Wildman–Crippen LogP) is 8.63. The lowest BCUT2D eigenvalue weighted by Crippen LogP contribution is -2.07. The van der Waals surface area contributed by atoms with Gasteiger partial charge in [-0.2, -0.15) is 0 Å². The van der Waals surface area contributed by atoms with Gasteiger partial charge in [-0.05, 0) is 90.5 Å². The molecule has 4 nitrogen and oxygen atoms in total. The molecule has 0 N–H and O–H groups in total. The van der Waals surface area contributed by atoms with Crippen LogP contribution in [0, 0.1) is 23.3 Å².